The van der Waals surface area contributed by atoms with E-state index in [2.05, 4.69) is 15.0 Å². The Hall–Kier alpha value is -2.70. The fourth-order valence-corrected chi connectivity index (χ4v) is 2.25. The zero-order valence-electron chi connectivity index (χ0n) is 11.3. The molecule has 0 fully saturated rings. The van der Waals surface area contributed by atoms with Crippen LogP contribution < -0.4 is 11.2 Å². The molecule has 0 radical (unpaired) electrons. The quantitative estimate of drug-likeness (QED) is 0.768. The number of hydrogen-bond acceptors (Lipinski definition) is 3. The molecule has 0 spiro atoms. The number of aromatic nitrogens is 4. The molecule has 6 nitrogen and oxygen atoms in total. The molecular weight excluding hydrogens is 275 g/mol. The molecule has 0 aliphatic heterocycles. The van der Waals surface area contributed by atoms with E-state index in [1.54, 1.807) is 18.2 Å². The first kappa shape index (κ1) is 13.3. The van der Waals surface area contributed by atoms with Gasteiger partial charge < -0.3 is 4.98 Å². The van der Waals surface area contributed by atoms with Gasteiger partial charge in [0.15, 0.2) is 5.65 Å². The van der Waals surface area contributed by atoms with Crippen LogP contribution in [0.25, 0.3) is 22.6 Å². The molecule has 108 valence electrons. The van der Waals surface area contributed by atoms with Gasteiger partial charge in [0, 0.05) is 6.54 Å². The average molecular weight is 288 g/mol. The molecule has 0 atom stereocenters. The molecular formula is C14H13FN4O2. The van der Waals surface area contributed by atoms with Crippen LogP contribution in [0.5, 0.6) is 0 Å². The van der Waals surface area contributed by atoms with Crippen LogP contribution in [0, 0.1) is 5.82 Å². The number of aryl methyl sites for hydroxylation is 1. The molecule has 0 aliphatic rings. The van der Waals surface area contributed by atoms with E-state index in [0.29, 0.717) is 13.0 Å². The highest BCUT2D eigenvalue weighted by atomic mass is 19.1. The van der Waals surface area contributed by atoms with Crippen molar-refractivity contribution < 1.29 is 4.39 Å². The van der Waals surface area contributed by atoms with Gasteiger partial charge >= 0.3 is 5.69 Å². The van der Waals surface area contributed by atoms with E-state index >= 15 is 0 Å². The van der Waals surface area contributed by atoms with Crippen molar-refractivity contribution in [2.75, 3.05) is 0 Å². The Kier molecular flexibility index (Phi) is 3.17. The predicted octanol–water partition coefficient (Wildman–Crippen LogP) is 1.63. The molecule has 0 amide bonds. The molecule has 0 bridgehead atoms. The van der Waals surface area contributed by atoms with Gasteiger partial charge in [0.1, 0.15) is 17.2 Å². The number of aromatic amines is 2. The molecule has 0 unspecified atom stereocenters. The lowest BCUT2D eigenvalue weighted by atomic mass is 10.2. The number of fused-ring (bicyclic) bond motifs is 1. The third-order valence-corrected chi connectivity index (χ3v) is 3.21. The van der Waals surface area contributed by atoms with Gasteiger partial charge in [-0.15, -0.1) is 0 Å². The van der Waals surface area contributed by atoms with Crippen LogP contribution in [0.4, 0.5) is 4.39 Å². The number of nitrogens with zero attached hydrogens (tertiary/aromatic N) is 2. The highest BCUT2D eigenvalue weighted by Crippen LogP contribution is 2.21. The summed E-state index contributed by atoms with van der Waals surface area (Å²) in [7, 11) is 0. The molecule has 2 N–H and O–H groups in total. The minimum Gasteiger partial charge on any atom is -0.332 e. The lowest BCUT2D eigenvalue weighted by Gasteiger charge is -2.02. The molecule has 0 aliphatic carbocycles. The molecule has 0 saturated carbocycles. The van der Waals surface area contributed by atoms with Crippen LogP contribution in [0.1, 0.15) is 13.3 Å². The molecule has 3 aromatic rings. The largest absolute Gasteiger partial charge is 0.332 e. The summed E-state index contributed by atoms with van der Waals surface area (Å²) in [4.78, 5) is 32.9. The van der Waals surface area contributed by atoms with Crippen molar-refractivity contribution in [1.82, 2.24) is 19.5 Å². The van der Waals surface area contributed by atoms with Crippen LogP contribution in [0.3, 0.4) is 0 Å². The molecule has 2 heterocycles. The minimum atomic E-state index is -0.558. The molecule has 1 aromatic carbocycles. The zero-order chi connectivity index (χ0) is 15.0. The Morgan fingerprint density at radius 3 is 2.71 bits per heavy atom. The standard InChI is InChI=1S/C14H13FN4O2/c1-2-7-19-12-10(13(20)18-14(19)21)16-11(17-12)8-5-3-4-6-9(8)15/h3-6H,2,7H2,1H3,(H,16,17)(H,18,20,21). The molecule has 3 rings (SSSR count). The highest BCUT2D eigenvalue weighted by molar-refractivity contribution is 5.75. The van der Waals surface area contributed by atoms with Gasteiger partial charge in [-0.05, 0) is 18.6 Å². The Morgan fingerprint density at radius 2 is 2.00 bits per heavy atom. The number of H-pyrrole nitrogens is 2. The van der Waals surface area contributed by atoms with E-state index in [1.807, 2.05) is 6.92 Å². The second-order valence-corrected chi connectivity index (χ2v) is 4.67. The van der Waals surface area contributed by atoms with Crippen molar-refractivity contribution in [2.45, 2.75) is 19.9 Å². The maximum absolute atomic E-state index is 13.8. The first-order chi connectivity index (χ1) is 10.1. The normalized spacial score (nSPS) is 11.1. The van der Waals surface area contributed by atoms with E-state index in [4.69, 9.17) is 0 Å². The van der Waals surface area contributed by atoms with E-state index < -0.39 is 17.1 Å². The monoisotopic (exact) mass is 288 g/mol. The number of halogens is 1. The predicted molar refractivity (Wildman–Crippen MR) is 76.7 cm³/mol. The van der Waals surface area contributed by atoms with Crippen molar-refractivity contribution in [2.24, 2.45) is 0 Å². The maximum atomic E-state index is 13.8. The van der Waals surface area contributed by atoms with E-state index in [0.717, 1.165) is 0 Å². The summed E-state index contributed by atoms with van der Waals surface area (Å²) < 4.78 is 15.2. The fraction of sp³-hybridized carbons (Fsp3) is 0.214. The SMILES string of the molecule is CCCn1c(=O)[nH]c(=O)c2[nH]c(-c3ccccc3F)nc21. The summed E-state index contributed by atoms with van der Waals surface area (Å²) in [6.07, 6.45) is 0.711. The molecule has 7 heteroatoms. The Labute approximate surface area is 118 Å². The number of rotatable bonds is 3. The second kappa shape index (κ2) is 5.01. The fourth-order valence-electron chi connectivity index (χ4n) is 2.25. The number of hydrogen-bond donors (Lipinski definition) is 2. The third-order valence-electron chi connectivity index (χ3n) is 3.21. The summed E-state index contributed by atoms with van der Waals surface area (Å²) in [6, 6.07) is 6.12. The maximum Gasteiger partial charge on any atom is 0.330 e. The van der Waals surface area contributed by atoms with Crippen molar-refractivity contribution in [1.29, 1.82) is 0 Å². The summed E-state index contributed by atoms with van der Waals surface area (Å²) in [6.45, 7) is 2.33. The number of imidazole rings is 1. The first-order valence-electron chi connectivity index (χ1n) is 6.59. The zero-order valence-corrected chi connectivity index (χ0v) is 11.3. The highest BCUT2D eigenvalue weighted by Gasteiger charge is 2.15. The van der Waals surface area contributed by atoms with Crippen LogP contribution in [-0.4, -0.2) is 19.5 Å². The molecule has 21 heavy (non-hydrogen) atoms. The summed E-state index contributed by atoms with van der Waals surface area (Å²) in [5.74, 6) is -0.221. The first-order valence-corrected chi connectivity index (χ1v) is 6.59. The van der Waals surface area contributed by atoms with Crippen molar-refractivity contribution >= 4 is 11.2 Å². The van der Waals surface area contributed by atoms with Gasteiger partial charge in [0.05, 0.1) is 5.56 Å². The molecule has 0 saturated heterocycles. The van der Waals surface area contributed by atoms with E-state index in [-0.39, 0.29) is 22.6 Å². The topological polar surface area (TPSA) is 83.5 Å². The average Bonchev–Trinajstić information content (AvgIpc) is 2.89. The van der Waals surface area contributed by atoms with Gasteiger partial charge in [-0.2, -0.15) is 0 Å². The molecule has 2 aromatic heterocycles. The minimum absolute atomic E-state index is 0.168. The van der Waals surface area contributed by atoms with Gasteiger partial charge in [0.2, 0.25) is 0 Å². The lowest BCUT2D eigenvalue weighted by molar-refractivity contribution is 0.630. The Morgan fingerprint density at radius 1 is 1.24 bits per heavy atom. The van der Waals surface area contributed by atoms with Crippen LogP contribution in [0.2, 0.25) is 0 Å². The summed E-state index contributed by atoms with van der Waals surface area (Å²) in [5, 5.41) is 0. The third kappa shape index (κ3) is 2.16. The van der Waals surface area contributed by atoms with Crippen molar-refractivity contribution in [3.05, 3.63) is 50.9 Å². The Balaban J connectivity index is 2.32. The Bertz CT molecular complexity index is 923. The van der Waals surface area contributed by atoms with E-state index in [9.17, 15) is 14.0 Å². The lowest BCUT2D eigenvalue weighted by Crippen LogP contribution is -2.30. The van der Waals surface area contributed by atoms with Crippen LogP contribution in [0.15, 0.2) is 33.9 Å². The van der Waals surface area contributed by atoms with Gasteiger partial charge in [0.25, 0.3) is 5.56 Å². The van der Waals surface area contributed by atoms with Gasteiger partial charge in [-0.1, -0.05) is 19.1 Å². The van der Waals surface area contributed by atoms with Crippen molar-refractivity contribution in [3.8, 4) is 11.4 Å². The summed E-state index contributed by atoms with van der Waals surface area (Å²) in [5.41, 5.74) is -0.410. The van der Waals surface area contributed by atoms with E-state index in [1.165, 1.54) is 10.6 Å². The summed E-state index contributed by atoms with van der Waals surface area (Å²) >= 11 is 0. The van der Waals surface area contributed by atoms with Crippen LogP contribution in [-0.2, 0) is 6.54 Å². The van der Waals surface area contributed by atoms with Gasteiger partial charge in [-0.25, -0.2) is 14.2 Å². The van der Waals surface area contributed by atoms with Crippen LogP contribution >= 0.6 is 0 Å². The number of nitrogens with one attached hydrogen (secondary N) is 2. The number of benzene rings is 1. The smallest absolute Gasteiger partial charge is 0.330 e. The van der Waals surface area contributed by atoms with Crippen molar-refractivity contribution in [3.63, 3.8) is 0 Å². The van der Waals surface area contributed by atoms with Gasteiger partial charge in [-0.3, -0.25) is 14.3 Å². The second-order valence-electron chi connectivity index (χ2n) is 4.67.